The van der Waals surface area contributed by atoms with Crippen LogP contribution in [-0.2, 0) is 17.8 Å². The second-order valence-corrected chi connectivity index (χ2v) is 10.0. The molecule has 1 heterocycles. The van der Waals surface area contributed by atoms with Crippen LogP contribution in [0.3, 0.4) is 0 Å². The van der Waals surface area contributed by atoms with Gasteiger partial charge in [0.1, 0.15) is 6.54 Å². The summed E-state index contributed by atoms with van der Waals surface area (Å²) in [5.41, 5.74) is 0.467. The molecule has 2 amide bonds. The largest absolute Gasteiger partial charge is 0.493 e. The quantitative estimate of drug-likeness (QED) is 0.150. The van der Waals surface area contributed by atoms with Gasteiger partial charge in [-0.2, -0.15) is 0 Å². The maximum atomic E-state index is 13.6. The maximum Gasteiger partial charge on any atom is 0.277 e. The predicted molar refractivity (Wildman–Crippen MR) is 154 cm³/mol. The highest BCUT2D eigenvalue weighted by Gasteiger charge is 2.26. The van der Waals surface area contributed by atoms with Crippen molar-refractivity contribution in [1.29, 1.82) is 0 Å². The zero-order chi connectivity index (χ0) is 30.1. The van der Waals surface area contributed by atoms with Gasteiger partial charge in [-0.25, -0.2) is 0 Å². The number of ether oxygens (including phenoxy) is 2. The van der Waals surface area contributed by atoms with Crippen molar-refractivity contribution in [2.45, 2.75) is 19.9 Å². The molecular formula is C28H30N4O8S. The van der Waals surface area contributed by atoms with Crippen molar-refractivity contribution < 1.29 is 28.9 Å². The van der Waals surface area contributed by atoms with Gasteiger partial charge in [0.15, 0.2) is 11.5 Å². The molecule has 3 rings (SSSR count). The Morgan fingerprint density at radius 2 is 1.63 bits per heavy atom. The molecule has 0 saturated carbocycles. The number of carbonyl (C=O) groups excluding carboxylic acids is 2. The van der Waals surface area contributed by atoms with Gasteiger partial charge >= 0.3 is 0 Å². The highest BCUT2D eigenvalue weighted by molar-refractivity contribution is 7.10. The maximum absolute atomic E-state index is 13.6. The van der Waals surface area contributed by atoms with Crippen molar-refractivity contribution >= 4 is 34.5 Å². The van der Waals surface area contributed by atoms with Gasteiger partial charge in [0.05, 0.1) is 42.2 Å². The Balaban J connectivity index is 1.87. The number of methoxy groups -OCH3 is 2. The van der Waals surface area contributed by atoms with E-state index >= 15 is 0 Å². The lowest BCUT2D eigenvalue weighted by atomic mass is 10.1. The Morgan fingerprint density at radius 1 is 0.976 bits per heavy atom. The van der Waals surface area contributed by atoms with Gasteiger partial charge in [0, 0.05) is 30.1 Å². The van der Waals surface area contributed by atoms with Gasteiger partial charge < -0.3 is 19.3 Å². The summed E-state index contributed by atoms with van der Waals surface area (Å²) < 4.78 is 10.7. The standard InChI is InChI=1S/C28H30N4O8S/c1-5-10-30(28(34)21-14-22(31(35)36)16-23(15-21)32(37)38)18-27(33)29(17-26-19(2)9-12-41-26)11-8-20-6-7-24(39-3)25(13-20)40-4/h5-7,9,12-16H,1,8,10-11,17-18H2,2-4H3. The Bertz CT molecular complexity index is 1420. The predicted octanol–water partition coefficient (Wildman–Crippen LogP) is 4.79. The van der Waals surface area contributed by atoms with Gasteiger partial charge in [-0.15, -0.1) is 17.9 Å². The van der Waals surface area contributed by atoms with Crippen LogP contribution in [-0.4, -0.2) is 65.3 Å². The number of aryl methyl sites for hydroxylation is 1. The van der Waals surface area contributed by atoms with E-state index in [-0.39, 0.29) is 24.6 Å². The molecule has 0 aliphatic rings. The minimum atomic E-state index is -0.813. The SMILES string of the molecule is C=CCN(CC(=O)N(CCc1ccc(OC)c(OC)c1)Cc1sccc1C)C(=O)c1cc([N+](=O)[O-])cc([N+](=O)[O-])c1. The number of carbonyl (C=O) groups is 2. The van der Waals surface area contributed by atoms with Crippen LogP contribution in [0.25, 0.3) is 0 Å². The normalized spacial score (nSPS) is 10.5. The summed E-state index contributed by atoms with van der Waals surface area (Å²) in [6.07, 6.45) is 1.90. The summed E-state index contributed by atoms with van der Waals surface area (Å²) in [5, 5.41) is 24.6. The van der Waals surface area contributed by atoms with Crippen molar-refractivity contribution in [3.05, 3.63) is 102 Å². The summed E-state index contributed by atoms with van der Waals surface area (Å²) in [7, 11) is 3.08. The summed E-state index contributed by atoms with van der Waals surface area (Å²) in [5.74, 6) is 0.00902. The summed E-state index contributed by atoms with van der Waals surface area (Å²) >= 11 is 1.51. The lowest BCUT2D eigenvalue weighted by molar-refractivity contribution is -0.394. The van der Waals surface area contributed by atoms with Gasteiger partial charge in [0.2, 0.25) is 5.91 Å². The molecule has 0 saturated heterocycles. The zero-order valence-corrected chi connectivity index (χ0v) is 23.7. The van der Waals surface area contributed by atoms with Crippen LogP contribution >= 0.6 is 11.3 Å². The number of rotatable bonds is 14. The smallest absolute Gasteiger partial charge is 0.277 e. The van der Waals surface area contributed by atoms with Crippen LogP contribution in [0.1, 0.15) is 26.4 Å². The Kier molecular flexibility index (Phi) is 10.5. The number of benzene rings is 2. The Hall–Kier alpha value is -4.78. The molecule has 12 nitrogen and oxygen atoms in total. The molecule has 0 bridgehead atoms. The van der Waals surface area contributed by atoms with E-state index in [0.717, 1.165) is 39.1 Å². The first-order valence-electron chi connectivity index (χ1n) is 12.4. The van der Waals surface area contributed by atoms with E-state index in [0.29, 0.717) is 31.0 Å². The lowest BCUT2D eigenvalue weighted by Crippen LogP contribution is -2.43. The Labute approximate surface area is 240 Å². The van der Waals surface area contributed by atoms with Crippen LogP contribution in [0.4, 0.5) is 11.4 Å². The van der Waals surface area contributed by atoms with E-state index in [1.807, 2.05) is 30.5 Å². The molecule has 0 unspecified atom stereocenters. The number of nitro benzene ring substituents is 2. The molecule has 0 spiro atoms. The molecule has 0 aliphatic heterocycles. The molecule has 0 radical (unpaired) electrons. The molecule has 1 aromatic heterocycles. The van der Waals surface area contributed by atoms with E-state index in [1.165, 1.54) is 24.5 Å². The number of nitro groups is 2. The molecule has 0 atom stereocenters. The molecule has 13 heteroatoms. The van der Waals surface area contributed by atoms with E-state index in [2.05, 4.69) is 6.58 Å². The molecular weight excluding hydrogens is 552 g/mol. The first-order valence-corrected chi connectivity index (χ1v) is 13.3. The molecule has 216 valence electrons. The fraction of sp³-hybridized carbons (Fsp3) is 0.286. The van der Waals surface area contributed by atoms with Gasteiger partial charge in [0.25, 0.3) is 17.3 Å². The van der Waals surface area contributed by atoms with Crippen LogP contribution < -0.4 is 9.47 Å². The average molecular weight is 583 g/mol. The number of nitrogens with zero attached hydrogens (tertiary/aromatic N) is 4. The third kappa shape index (κ3) is 7.88. The number of hydrogen-bond donors (Lipinski definition) is 0. The van der Waals surface area contributed by atoms with Crippen LogP contribution in [0.15, 0.2) is 60.5 Å². The summed E-state index contributed by atoms with van der Waals surface area (Å²) in [6, 6.07) is 10.1. The first-order chi connectivity index (χ1) is 19.6. The van der Waals surface area contributed by atoms with Gasteiger partial charge in [-0.1, -0.05) is 12.1 Å². The molecule has 41 heavy (non-hydrogen) atoms. The molecule has 2 aromatic carbocycles. The van der Waals surface area contributed by atoms with Gasteiger partial charge in [-0.3, -0.25) is 29.8 Å². The fourth-order valence-electron chi connectivity index (χ4n) is 4.08. The van der Waals surface area contributed by atoms with Crippen molar-refractivity contribution in [3.63, 3.8) is 0 Å². The highest BCUT2D eigenvalue weighted by atomic mass is 32.1. The van der Waals surface area contributed by atoms with E-state index in [1.54, 1.807) is 18.1 Å². The van der Waals surface area contributed by atoms with E-state index in [9.17, 15) is 29.8 Å². The van der Waals surface area contributed by atoms with E-state index < -0.39 is 27.1 Å². The van der Waals surface area contributed by atoms with Crippen molar-refractivity contribution in [1.82, 2.24) is 9.80 Å². The van der Waals surface area contributed by atoms with E-state index in [4.69, 9.17) is 9.47 Å². The molecule has 0 fully saturated rings. The number of non-ortho nitro benzene ring substituents is 2. The second-order valence-electron chi connectivity index (χ2n) is 9.01. The molecule has 0 N–H and O–H groups in total. The topological polar surface area (TPSA) is 145 Å². The highest BCUT2D eigenvalue weighted by Crippen LogP contribution is 2.28. The van der Waals surface area contributed by atoms with Gasteiger partial charge in [-0.05, 0) is 48.1 Å². The summed E-state index contributed by atoms with van der Waals surface area (Å²) in [4.78, 5) is 51.8. The zero-order valence-electron chi connectivity index (χ0n) is 22.9. The molecule has 3 aromatic rings. The minimum Gasteiger partial charge on any atom is -0.493 e. The summed E-state index contributed by atoms with van der Waals surface area (Å²) in [6.45, 7) is 5.81. The fourth-order valence-corrected chi connectivity index (χ4v) is 5.00. The number of hydrogen-bond acceptors (Lipinski definition) is 9. The lowest BCUT2D eigenvalue weighted by Gasteiger charge is -2.27. The van der Waals surface area contributed by atoms with Crippen molar-refractivity contribution in [2.24, 2.45) is 0 Å². The Morgan fingerprint density at radius 3 is 2.17 bits per heavy atom. The third-order valence-electron chi connectivity index (χ3n) is 6.31. The van der Waals surface area contributed by atoms with Crippen LogP contribution in [0.2, 0.25) is 0 Å². The molecule has 0 aliphatic carbocycles. The second kappa shape index (κ2) is 14.0. The first kappa shape index (κ1) is 30.8. The van der Waals surface area contributed by atoms with Crippen molar-refractivity contribution in [2.75, 3.05) is 33.9 Å². The van der Waals surface area contributed by atoms with Crippen molar-refractivity contribution in [3.8, 4) is 11.5 Å². The number of thiophene rings is 1. The van der Waals surface area contributed by atoms with Crippen LogP contribution in [0, 0.1) is 27.2 Å². The monoisotopic (exact) mass is 582 g/mol. The average Bonchev–Trinajstić information content (AvgIpc) is 3.37. The third-order valence-corrected chi connectivity index (χ3v) is 7.32. The minimum absolute atomic E-state index is 0.0530. The number of amides is 2. The van der Waals surface area contributed by atoms with Crippen LogP contribution in [0.5, 0.6) is 11.5 Å².